The average molecular weight is 340 g/mol. The van der Waals surface area contributed by atoms with Crippen molar-refractivity contribution < 1.29 is 23.9 Å². The molecule has 0 N–H and O–H groups in total. The van der Waals surface area contributed by atoms with Gasteiger partial charge in [-0.3, -0.25) is 14.4 Å². The first-order chi connectivity index (χ1) is 11.5. The highest BCUT2D eigenvalue weighted by molar-refractivity contribution is 5.89. The van der Waals surface area contributed by atoms with E-state index in [2.05, 4.69) is 0 Å². The van der Waals surface area contributed by atoms with Crippen molar-refractivity contribution in [1.82, 2.24) is 9.80 Å². The van der Waals surface area contributed by atoms with Crippen LogP contribution in [0, 0.1) is 11.8 Å². The van der Waals surface area contributed by atoms with E-state index in [4.69, 9.17) is 9.47 Å². The Balaban J connectivity index is 1.85. The van der Waals surface area contributed by atoms with Crippen molar-refractivity contribution in [2.24, 2.45) is 11.8 Å². The summed E-state index contributed by atoms with van der Waals surface area (Å²) in [6, 6.07) is -0.0187. The van der Waals surface area contributed by atoms with Gasteiger partial charge in [-0.05, 0) is 26.7 Å². The highest BCUT2D eigenvalue weighted by Gasteiger charge is 2.39. The molecule has 0 aromatic rings. The van der Waals surface area contributed by atoms with Crippen LogP contribution in [0.5, 0.6) is 0 Å². The number of ether oxygens (including phenoxy) is 2. The zero-order valence-corrected chi connectivity index (χ0v) is 14.8. The molecule has 7 heteroatoms. The van der Waals surface area contributed by atoms with Crippen LogP contribution < -0.4 is 0 Å². The van der Waals surface area contributed by atoms with E-state index in [1.807, 2.05) is 6.92 Å². The molecule has 0 unspecified atom stereocenters. The van der Waals surface area contributed by atoms with Crippen LogP contribution >= 0.6 is 0 Å². The summed E-state index contributed by atoms with van der Waals surface area (Å²) in [5.74, 6) is -0.523. The normalized spacial score (nSPS) is 23.5. The number of carbonyl (C=O) groups is 3. The smallest absolute Gasteiger partial charge is 0.309 e. The van der Waals surface area contributed by atoms with Gasteiger partial charge >= 0.3 is 5.97 Å². The molecule has 2 atom stereocenters. The Kier molecular flexibility index (Phi) is 6.60. The second-order valence-electron chi connectivity index (χ2n) is 6.60. The van der Waals surface area contributed by atoms with E-state index < -0.39 is 0 Å². The monoisotopic (exact) mass is 340 g/mol. The molecule has 2 rings (SSSR count). The second kappa shape index (κ2) is 8.46. The Hall–Kier alpha value is -1.63. The predicted molar refractivity (Wildman–Crippen MR) is 87.1 cm³/mol. The maximum Gasteiger partial charge on any atom is 0.309 e. The molecule has 0 aliphatic carbocycles. The van der Waals surface area contributed by atoms with Crippen LogP contribution in [-0.4, -0.2) is 73.6 Å². The van der Waals surface area contributed by atoms with Gasteiger partial charge in [-0.1, -0.05) is 0 Å². The Labute approximate surface area is 143 Å². The van der Waals surface area contributed by atoms with E-state index in [-0.39, 0.29) is 42.1 Å². The molecule has 2 fully saturated rings. The Bertz CT molecular complexity index is 474. The summed E-state index contributed by atoms with van der Waals surface area (Å²) in [7, 11) is 1.60. The van der Waals surface area contributed by atoms with E-state index in [0.29, 0.717) is 45.7 Å². The number of methoxy groups -OCH3 is 1. The molecule has 0 aromatic heterocycles. The number of likely N-dealkylation sites (tertiary alicyclic amines) is 2. The Morgan fingerprint density at radius 3 is 2.50 bits per heavy atom. The lowest BCUT2D eigenvalue weighted by atomic mass is 9.95. The van der Waals surface area contributed by atoms with Crippen molar-refractivity contribution in [2.45, 2.75) is 39.2 Å². The molecular weight excluding hydrogens is 312 g/mol. The molecular formula is C17H28N2O5. The quantitative estimate of drug-likeness (QED) is 0.664. The van der Waals surface area contributed by atoms with Crippen molar-refractivity contribution >= 4 is 17.8 Å². The van der Waals surface area contributed by atoms with Gasteiger partial charge in [0.05, 0.1) is 31.1 Å². The molecule has 0 saturated carbocycles. The molecule has 2 heterocycles. The molecule has 136 valence electrons. The van der Waals surface area contributed by atoms with Crippen LogP contribution in [0.15, 0.2) is 0 Å². The number of rotatable bonds is 6. The van der Waals surface area contributed by atoms with E-state index in [1.54, 1.807) is 23.8 Å². The Morgan fingerprint density at radius 1 is 1.25 bits per heavy atom. The summed E-state index contributed by atoms with van der Waals surface area (Å²) >= 11 is 0. The van der Waals surface area contributed by atoms with Gasteiger partial charge in [-0.15, -0.1) is 0 Å². The fourth-order valence-electron chi connectivity index (χ4n) is 3.51. The SMILES string of the molecule is CCOC(=O)C1CCN(C(=O)[C@@H]2CC(=O)N([C@H](C)COC)C2)CC1. The summed E-state index contributed by atoms with van der Waals surface area (Å²) in [6.45, 7) is 6.15. The van der Waals surface area contributed by atoms with Gasteiger partial charge in [0.2, 0.25) is 11.8 Å². The van der Waals surface area contributed by atoms with Gasteiger partial charge < -0.3 is 19.3 Å². The van der Waals surface area contributed by atoms with E-state index >= 15 is 0 Å². The molecule has 0 spiro atoms. The number of esters is 1. The standard InChI is InChI=1S/C17H28N2O5/c1-4-24-17(22)13-5-7-18(8-6-13)16(21)14-9-15(20)19(10-14)12(2)11-23-3/h12-14H,4-11H2,1-3H3/t12-,14-/m1/s1. The third kappa shape index (κ3) is 4.26. The highest BCUT2D eigenvalue weighted by atomic mass is 16.5. The van der Waals surface area contributed by atoms with E-state index in [0.717, 1.165) is 0 Å². The van der Waals surface area contributed by atoms with Crippen LogP contribution in [0.2, 0.25) is 0 Å². The van der Waals surface area contributed by atoms with Gasteiger partial charge in [0.25, 0.3) is 0 Å². The summed E-state index contributed by atoms with van der Waals surface area (Å²) in [4.78, 5) is 40.1. The van der Waals surface area contributed by atoms with Gasteiger partial charge in [0.1, 0.15) is 0 Å². The minimum absolute atomic E-state index is 0.0132. The molecule has 24 heavy (non-hydrogen) atoms. The summed E-state index contributed by atoms with van der Waals surface area (Å²) in [5, 5.41) is 0. The van der Waals surface area contributed by atoms with Crippen molar-refractivity contribution in [3.05, 3.63) is 0 Å². The summed E-state index contributed by atoms with van der Waals surface area (Å²) in [5.41, 5.74) is 0. The lowest BCUT2D eigenvalue weighted by Crippen LogP contribution is -2.44. The molecule has 2 aliphatic heterocycles. The topological polar surface area (TPSA) is 76.2 Å². The average Bonchev–Trinajstić information content (AvgIpc) is 2.96. The van der Waals surface area contributed by atoms with Crippen LogP contribution in [0.25, 0.3) is 0 Å². The molecule has 0 bridgehead atoms. The van der Waals surface area contributed by atoms with Crippen molar-refractivity contribution in [1.29, 1.82) is 0 Å². The Morgan fingerprint density at radius 2 is 1.92 bits per heavy atom. The maximum absolute atomic E-state index is 12.7. The number of hydrogen-bond donors (Lipinski definition) is 0. The lowest BCUT2D eigenvalue weighted by Gasteiger charge is -2.32. The molecule has 0 aromatic carbocycles. The van der Waals surface area contributed by atoms with Crippen molar-refractivity contribution in [3.8, 4) is 0 Å². The maximum atomic E-state index is 12.7. The van der Waals surface area contributed by atoms with Gasteiger partial charge in [-0.2, -0.15) is 0 Å². The minimum Gasteiger partial charge on any atom is -0.466 e. The van der Waals surface area contributed by atoms with Crippen LogP contribution in [0.4, 0.5) is 0 Å². The summed E-state index contributed by atoms with van der Waals surface area (Å²) < 4.78 is 10.1. The fourth-order valence-corrected chi connectivity index (χ4v) is 3.51. The third-order valence-corrected chi connectivity index (χ3v) is 4.87. The fraction of sp³-hybridized carbons (Fsp3) is 0.824. The van der Waals surface area contributed by atoms with Gasteiger partial charge in [-0.25, -0.2) is 0 Å². The van der Waals surface area contributed by atoms with Gasteiger partial charge in [0, 0.05) is 33.2 Å². The first-order valence-electron chi connectivity index (χ1n) is 8.71. The predicted octanol–water partition coefficient (Wildman–Crippen LogP) is 0.672. The van der Waals surface area contributed by atoms with Crippen LogP contribution in [-0.2, 0) is 23.9 Å². The molecule has 7 nitrogen and oxygen atoms in total. The molecule has 0 radical (unpaired) electrons. The number of nitrogens with zero attached hydrogens (tertiary/aromatic N) is 2. The second-order valence-corrected chi connectivity index (χ2v) is 6.60. The number of carbonyl (C=O) groups excluding carboxylic acids is 3. The van der Waals surface area contributed by atoms with E-state index in [1.165, 1.54) is 0 Å². The zero-order valence-electron chi connectivity index (χ0n) is 14.8. The van der Waals surface area contributed by atoms with Crippen LogP contribution in [0.3, 0.4) is 0 Å². The molecule has 2 saturated heterocycles. The molecule has 2 aliphatic rings. The summed E-state index contributed by atoms with van der Waals surface area (Å²) in [6.07, 6.45) is 1.54. The zero-order chi connectivity index (χ0) is 17.7. The van der Waals surface area contributed by atoms with Crippen LogP contribution in [0.1, 0.15) is 33.1 Å². The number of amides is 2. The van der Waals surface area contributed by atoms with Gasteiger partial charge in [0.15, 0.2) is 0 Å². The van der Waals surface area contributed by atoms with Crippen molar-refractivity contribution in [2.75, 3.05) is 40.0 Å². The third-order valence-electron chi connectivity index (χ3n) is 4.87. The molecule has 2 amide bonds. The first-order valence-corrected chi connectivity index (χ1v) is 8.71. The number of piperidine rings is 1. The largest absolute Gasteiger partial charge is 0.466 e. The lowest BCUT2D eigenvalue weighted by molar-refractivity contribution is -0.151. The number of hydrogen-bond acceptors (Lipinski definition) is 5. The van der Waals surface area contributed by atoms with E-state index in [9.17, 15) is 14.4 Å². The highest BCUT2D eigenvalue weighted by Crippen LogP contribution is 2.25. The van der Waals surface area contributed by atoms with Crippen molar-refractivity contribution in [3.63, 3.8) is 0 Å². The minimum atomic E-state index is -0.282. The first kappa shape index (κ1) is 18.7.